The Labute approximate surface area is 102 Å². The molecule has 0 bridgehead atoms. The number of nitrogens with one attached hydrogen (secondary N) is 1. The number of rotatable bonds is 3. The van der Waals surface area contributed by atoms with Gasteiger partial charge in [0.05, 0.1) is 11.6 Å². The van der Waals surface area contributed by atoms with Gasteiger partial charge in [-0.2, -0.15) is 0 Å². The highest BCUT2D eigenvalue weighted by Crippen LogP contribution is 2.36. The van der Waals surface area contributed by atoms with E-state index >= 15 is 0 Å². The minimum atomic E-state index is 0.127. The topological polar surface area (TPSA) is 71.4 Å². The number of nitrogens with two attached hydrogens (primary N) is 1. The number of nitrogen functional groups attached to an aromatic ring is 1. The van der Waals surface area contributed by atoms with Crippen LogP contribution in [0.1, 0.15) is 0 Å². The summed E-state index contributed by atoms with van der Waals surface area (Å²) in [5.74, 6) is 0.434. The summed E-state index contributed by atoms with van der Waals surface area (Å²) in [4.78, 5) is 0. The van der Waals surface area contributed by atoms with E-state index < -0.39 is 0 Å². The molecule has 0 saturated heterocycles. The molecule has 4 nitrogen and oxygen atoms in total. The number of benzene rings is 1. The summed E-state index contributed by atoms with van der Waals surface area (Å²) >= 11 is 1.66. The van der Waals surface area contributed by atoms with Gasteiger partial charge in [-0.1, -0.05) is 0 Å². The molecule has 0 saturated carbocycles. The van der Waals surface area contributed by atoms with Gasteiger partial charge in [-0.05, 0) is 18.2 Å². The summed E-state index contributed by atoms with van der Waals surface area (Å²) < 4.78 is 6.57. The SMILES string of the molecule is Nc1cc2c(ccc3sc(NCCO)cc32)o1. The largest absolute Gasteiger partial charge is 0.441 e. The minimum absolute atomic E-state index is 0.127. The molecule has 0 atom stereocenters. The van der Waals surface area contributed by atoms with Crippen molar-refractivity contribution in [1.82, 2.24) is 0 Å². The first-order valence-corrected chi connectivity index (χ1v) is 6.16. The van der Waals surface area contributed by atoms with Crippen LogP contribution in [0.5, 0.6) is 0 Å². The zero-order chi connectivity index (χ0) is 11.8. The minimum Gasteiger partial charge on any atom is -0.441 e. The molecule has 3 rings (SSSR count). The highest BCUT2D eigenvalue weighted by Gasteiger charge is 2.08. The third-order valence-corrected chi connectivity index (χ3v) is 3.69. The standard InChI is InChI=1S/C12H12N2O2S/c13-11-5-7-8-6-12(14-3-4-15)17-10(8)2-1-9(7)16-11/h1-2,5-6,14-15H,3-4,13H2. The Morgan fingerprint density at radius 3 is 3.00 bits per heavy atom. The fourth-order valence-corrected chi connectivity index (χ4v) is 2.92. The van der Waals surface area contributed by atoms with E-state index in [-0.39, 0.29) is 6.61 Å². The first kappa shape index (κ1) is 10.4. The molecule has 4 N–H and O–H groups in total. The van der Waals surface area contributed by atoms with E-state index in [1.165, 1.54) is 4.70 Å². The Bertz CT molecular complexity index is 672. The quantitative estimate of drug-likeness (QED) is 0.666. The van der Waals surface area contributed by atoms with E-state index in [1.54, 1.807) is 11.3 Å². The maximum Gasteiger partial charge on any atom is 0.191 e. The number of hydrogen-bond donors (Lipinski definition) is 3. The fourth-order valence-electron chi connectivity index (χ4n) is 1.92. The van der Waals surface area contributed by atoms with Crippen LogP contribution < -0.4 is 11.1 Å². The van der Waals surface area contributed by atoms with Crippen LogP contribution in [0.25, 0.3) is 21.1 Å². The average Bonchev–Trinajstić information content (AvgIpc) is 2.87. The lowest BCUT2D eigenvalue weighted by molar-refractivity contribution is 0.311. The van der Waals surface area contributed by atoms with E-state index in [9.17, 15) is 0 Å². The van der Waals surface area contributed by atoms with Crippen molar-refractivity contribution < 1.29 is 9.52 Å². The number of anilines is 2. The zero-order valence-electron chi connectivity index (χ0n) is 9.06. The summed E-state index contributed by atoms with van der Waals surface area (Å²) in [5, 5.41) is 15.2. The molecule has 2 aromatic heterocycles. The predicted octanol–water partition coefficient (Wildman–Crippen LogP) is 2.63. The van der Waals surface area contributed by atoms with Gasteiger partial charge in [0.2, 0.25) is 0 Å². The van der Waals surface area contributed by atoms with Gasteiger partial charge in [0, 0.05) is 28.1 Å². The summed E-state index contributed by atoms with van der Waals surface area (Å²) in [5.41, 5.74) is 6.46. The molecule has 0 fully saturated rings. The molecule has 2 heterocycles. The van der Waals surface area contributed by atoms with Crippen LogP contribution in [0.15, 0.2) is 28.7 Å². The van der Waals surface area contributed by atoms with Gasteiger partial charge in [0.25, 0.3) is 0 Å². The van der Waals surface area contributed by atoms with Crippen molar-refractivity contribution >= 4 is 43.3 Å². The van der Waals surface area contributed by atoms with Crippen molar-refractivity contribution in [3.8, 4) is 0 Å². The van der Waals surface area contributed by atoms with Crippen molar-refractivity contribution in [2.24, 2.45) is 0 Å². The highest BCUT2D eigenvalue weighted by molar-refractivity contribution is 7.22. The average molecular weight is 248 g/mol. The van der Waals surface area contributed by atoms with Gasteiger partial charge in [0.1, 0.15) is 5.58 Å². The van der Waals surface area contributed by atoms with Gasteiger partial charge >= 0.3 is 0 Å². The van der Waals surface area contributed by atoms with Crippen molar-refractivity contribution in [2.45, 2.75) is 0 Å². The number of aliphatic hydroxyl groups excluding tert-OH is 1. The third-order valence-electron chi connectivity index (χ3n) is 2.63. The Kier molecular flexibility index (Phi) is 2.42. The third kappa shape index (κ3) is 1.73. The number of aliphatic hydroxyl groups is 1. The first-order valence-electron chi connectivity index (χ1n) is 5.34. The first-order chi connectivity index (χ1) is 8.28. The zero-order valence-corrected chi connectivity index (χ0v) is 9.88. The van der Waals surface area contributed by atoms with Crippen LogP contribution in [-0.2, 0) is 0 Å². The summed E-state index contributed by atoms with van der Waals surface area (Å²) in [6, 6.07) is 7.86. The van der Waals surface area contributed by atoms with Crippen molar-refractivity contribution in [2.75, 3.05) is 24.2 Å². The molecule has 3 aromatic rings. The van der Waals surface area contributed by atoms with Gasteiger partial charge in [-0.3, -0.25) is 0 Å². The summed E-state index contributed by atoms with van der Waals surface area (Å²) in [6.07, 6.45) is 0. The van der Waals surface area contributed by atoms with Crippen molar-refractivity contribution in [3.63, 3.8) is 0 Å². The summed E-state index contributed by atoms with van der Waals surface area (Å²) in [6.45, 7) is 0.686. The second-order valence-corrected chi connectivity index (χ2v) is 4.88. The Morgan fingerprint density at radius 1 is 1.29 bits per heavy atom. The van der Waals surface area contributed by atoms with E-state index in [0.717, 1.165) is 21.4 Å². The molecule has 1 aromatic carbocycles. The Balaban J connectivity index is 2.16. The smallest absolute Gasteiger partial charge is 0.191 e. The van der Waals surface area contributed by atoms with Crippen LogP contribution >= 0.6 is 11.3 Å². The van der Waals surface area contributed by atoms with E-state index in [4.69, 9.17) is 15.3 Å². The maximum absolute atomic E-state index is 8.79. The van der Waals surface area contributed by atoms with E-state index in [1.807, 2.05) is 18.2 Å². The fraction of sp³-hybridized carbons (Fsp3) is 0.167. The van der Waals surface area contributed by atoms with Crippen LogP contribution in [-0.4, -0.2) is 18.3 Å². The second-order valence-electron chi connectivity index (χ2n) is 3.80. The van der Waals surface area contributed by atoms with Crippen molar-refractivity contribution in [1.29, 1.82) is 0 Å². The van der Waals surface area contributed by atoms with E-state index in [2.05, 4.69) is 11.4 Å². The van der Waals surface area contributed by atoms with Gasteiger partial charge < -0.3 is 20.6 Å². The molecule has 0 unspecified atom stereocenters. The molecule has 17 heavy (non-hydrogen) atoms. The van der Waals surface area contributed by atoms with Gasteiger partial charge in [-0.25, -0.2) is 0 Å². The molecular weight excluding hydrogens is 236 g/mol. The molecule has 88 valence electrons. The number of hydrogen-bond acceptors (Lipinski definition) is 5. The number of fused-ring (bicyclic) bond motifs is 3. The second kappa shape index (κ2) is 3.94. The predicted molar refractivity (Wildman–Crippen MR) is 71.6 cm³/mol. The Hall–Kier alpha value is -1.72. The molecule has 0 radical (unpaired) electrons. The van der Waals surface area contributed by atoms with Gasteiger partial charge in [-0.15, -0.1) is 11.3 Å². The van der Waals surface area contributed by atoms with Crippen LogP contribution in [0.3, 0.4) is 0 Å². The van der Waals surface area contributed by atoms with Crippen LogP contribution in [0.4, 0.5) is 10.9 Å². The molecule has 0 amide bonds. The van der Waals surface area contributed by atoms with E-state index in [0.29, 0.717) is 12.4 Å². The summed E-state index contributed by atoms with van der Waals surface area (Å²) in [7, 11) is 0. The lowest BCUT2D eigenvalue weighted by atomic mass is 10.2. The van der Waals surface area contributed by atoms with Gasteiger partial charge in [0.15, 0.2) is 5.88 Å². The monoisotopic (exact) mass is 248 g/mol. The molecule has 5 heteroatoms. The molecule has 0 aliphatic heterocycles. The molecule has 0 aliphatic carbocycles. The van der Waals surface area contributed by atoms with Crippen LogP contribution in [0, 0.1) is 0 Å². The van der Waals surface area contributed by atoms with Crippen molar-refractivity contribution in [3.05, 3.63) is 24.3 Å². The maximum atomic E-state index is 8.79. The highest BCUT2D eigenvalue weighted by atomic mass is 32.1. The molecule has 0 aliphatic rings. The number of thiophene rings is 1. The Morgan fingerprint density at radius 2 is 2.18 bits per heavy atom. The number of furan rings is 1. The molecular formula is C12H12N2O2S. The normalized spacial score (nSPS) is 11.4. The molecule has 0 spiro atoms. The lowest BCUT2D eigenvalue weighted by Crippen LogP contribution is -2.03. The van der Waals surface area contributed by atoms with Crippen LogP contribution in [0.2, 0.25) is 0 Å². The lowest BCUT2D eigenvalue weighted by Gasteiger charge is -1.97.